The molecule has 2 amide bonds. The number of amides is 2. The largest absolute Gasteiger partial charge is 0.393 e. The number of benzene rings is 1. The van der Waals surface area contributed by atoms with Crippen molar-refractivity contribution in [2.24, 2.45) is 56.7 Å². The van der Waals surface area contributed by atoms with Gasteiger partial charge in [0.25, 0.3) is 5.91 Å². The van der Waals surface area contributed by atoms with Crippen LogP contribution in [0.1, 0.15) is 117 Å². The van der Waals surface area contributed by atoms with Crippen molar-refractivity contribution < 1.29 is 14.7 Å². The van der Waals surface area contributed by atoms with Gasteiger partial charge in [-0.15, -0.1) is 5.10 Å². The fraction of sp³-hybridized carbons (Fsp3) is 0.708. The third kappa shape index (κ3) is 6.56. The number of rotatable bonds is 8. The number of carbonyl (C=O) groups is 2. The molecule has 6 fully saturated rings. The highest BCUT2D eigenvalue weighted by Gasteiger charge is 2.71. The molecular weight excluding hydrogens is 709 g/mol. The number of nitrogens with zero attached hydrogens (tertiary/aromatic N) is 5. The van der Waals surface area contributed by atoms with E-state index in [0.717, 1.165) is 57.2 Å². The number of nitrogens with one attached hydrogen (secondary N) is 1. The molecule has 1 aromatic carbocycles. The summed E-state index contributed by atoms with van der Waals surface area (Å²) in [5, 5.41) is 23.5. The summed E-state index contributed by atoms with van der Waals surface area (Å²) in [5.74, 6) is 2.48. The van der Waals surface area contributed by atoms with Gasteiger partial charge in [0.1, 0.15) is 5.69 Å². The molecule has 5 aliphatic carbocycles. The molecule has 2 aromatic rings. The number of hydrogen-bond acceptors (Lipinski definition) is 6. The lowest BCUT2D eigenvalue weighted by Gasteiger charge is -2.72. The number of aliphatic hydroxyl groups excluding tert-OH is 1. The van der Waals surface area contributed by atoms with Crippen LogP contribution in [0.4, 0.5) is 0 Å². The second-order valence-corrected chi connectivity index (χ2v) is 21.0. The summed E-state index contributed by atoms with van der Waals surface area (Å²) < 4.78 is 1.74. The van der Waals surface area contributed by atoms with E-state index < -0.39 is 5.41 Å². The first-order valence-corrected chi connectivity index (χ1v) is 22.3. The summed E-state index contributed by atoms with van der Waals surface area (Å²) in [7, 11) is 2.09. The molecule has 5 saturated carbocycles. The van der Waals surface area contributed by atoms with Crippen LogP contribution in [-0.2, 0) is 22.7 Å². The van der Waals surface area contributed by atoms with Crippen LogP contribution in [0.25, 0.3) is 6.08 Å². The molecule has 0 spiro atoms. The summed E-state index contributed by atoms with van der Waals surface area (Å²) in [4.78, 5) is 32.8. The molecule has 310 valence electrons. The second kappa shape index (κ2) is 14.8. The Balaban J connectivity index is 0.999. The quantitative estimate of drug-likeness (QED) is 0.210. The molecule has 10 atom stereocenters. The van der Waals surface area contributed by atoms with Gasteiger partial charge in [-0.05, 0) is 141 Å². The lowest BCUT2D eigenvalue weighted by Crippen LogP contribution is -2.67. The molecule has 9 heteroatoms. The molecule has 0 radical (unpaired) electrons. The van der Waals surface area contributed by atoms with Crippen molar-refractivity contribution in [3.8, 4) is 0 Å². The molecule has 1 saturated heterocycles. The molecule has 1 aromatic heterocycles. The Bertz CT molecular complexity index is 1880. The van der Waals surface area contributed by atoms with Gasteiger partial charge in [-0.1, -0.05) is 82.3 Å². The maximum atomic E-state index is 14.8. The first kappa shape index (κ1) is 40.5. The van der Waals surface area contributed by atoms with Gasteiger partial charge in [0.15, 0.2) is 0 Å². The van der Waals surface area contributed by atoms with Crippen LogP contribution in [0.15, 0.2) is 54.3 Å². The molecule has 0 unspecified atom stereocenters. The molecule has 0 bridgehead atoms. The second-order valence-electron chi connectivity index (χ2n) is 21.0. The topological polar surface area (TPSA) is 104 Å². The van der Waals surface area contributed by atoms with E-state index in [0.29, 0.717) is 61.1 Å². The van der Waals surface area contributed by atoms with Crippen molar-refractivity contribution in [2.75, 3.05) is 33.2 Å². The van der Waals surface area contributed by atoms with Gasteiger partial charge >= 0.3 is 0 Å². The van der Waals surface area contributed by atoms with Crippen molar-refractivity contribution in [1.82, 2.24) is 30.1 Å². The third-order valence-corrected chi connectivity index (χ3v) is 18.1. The molecule has 57 heavy (non-hydrogen) atoms. The van der Waals surface area contributed by atoms with Crippen molar-refractivity contribution in [1.29, 1.82) is 0 Å². The molecule has 2 heterocycles. The van der Waals surface area contributed by atoms with E-state index in [9.17, 15) is 14.7 Å². The van der Waals surface area contributed by atoms with Crippen molar-refractivity contribution >= 4 is 17.9 Å². The van der Waals surface area contributed by atoms with Crippen LogP contribution in [0, 0.1) is 56.7 Å². The highest BCUT2D eigenvalue weighted by molar-refractivity contribution is 5.97. The van der Waals surface area contributed by atoms with Crippen molar-refractivity contribution in [3.63, 3.8) is 0 Å². The van der Waals surface area contributed by atoms with Crippen LogP contribution in [-0.4, -0.2) is 81.0 Å². The molecule has 2 N–H and O–H groups in total. The SMILES string of the molecule is C=C(C)[C@@H]1CC[C@]2(C(=O)NCc3cn(C/C(=C\c4ccccc4)C(=O)N4CCN(C)CC4)nn3)CC[C@]3(C)[C@H](CC[C@@H]4[C@@]5(C)CC[C@H](O)C(C)(C)[C@@H]5CC[C@]43C)[C@@H]12. The first-order chi connectivity index (χ1) is 27.0. The average molecular weight is 779 g/mol. The monoisotopic (exact) mass is 779 g/mol. The van der Waals surface area contributed by atoms with Gasteiger partial charge < -0.3 is 20.2 Å². The van der Waals surface area contributed by atoms with Gasteiger partial charge in [0.05, 0.1) is 30.8 Å². The van der Waals surface area contributed by atoms with Gasteiger partial charge in [0, 0.05) is 31.8 Å². The molecule has 9 nitrogen and oxygen atoms in total. The smallest absolute Gasteiger partial charge is 0.251 e. The van der Waals surface area contributed by atoms with E-state index in [1.807, 2.05) is 47.5 Å². The first-order valence-electron chi connectivity index (χ1n) is 22.3. The fourth-order valence-corrected chi connectivity index (χ4v) is 14.7. The van der Waals surface area contributed by atoms with Crippen molar-refractivity contribution in [2.45, 2.75) is 125 Å². The Morgan fingerprint density at radius 3 is 2.35 bits per heavy atom. The van der Waals surface area contributed by atoms with Gasteiger partial charge in [-0.2, -0.15) is 0 Å². The molecule has 6 aliphatic rings. The van der Waals surface area contributed by atoms with E-state index in [1.165, 1.54) is 31.3 Å². The molecular formula is C48H70N6O3. The Labute approximate surface area is 342 Å². The van der Waals surface area contributed by atoms with Gasteiger partial charge in [0.2, 0.25) is 5.91 Å². The minimum absolute atomic E-state index is 0.0338. The van der Waals surface area contributed by atoms with Crippen LogP contribution < -0.4 is 5.32 Å². The fourth-order valence-electron chi connectivity index (χ4n) is 14.7. The van der Waals surface area contributed by atoms with E-state index in [1.54, 1.807) is 4.68 Å². The highest BCUT2D eigenvalue weighted by Crippen LogP contribution is 2.77. The summed E-state index contributed by atoms with van der Waals surface area (Å²) >= 11 is 0. The average Bonchev–Trinajstić information content (AvgIpc) is 3.81. The van der Waals surface area contributed by atoms with Crippen LogP contribution in [0.3, 0.4) is 0 Å². The number of piperazine rings is 1. The molecule has 8 rings (SSSR count). The Hall–Kier alpha value is -3.30. The van der Waals surface area contributed by atoms with Crippen LogP contribution in [0.2, 0.25) is 0 Å². The van der Waals surface area contributed by atoms with Crippen molar-refractivity contribution in [3.05, 3.63) is 65.5 Å². The minimum atomic E-state index is -0.411. The maximum Gasteiger partial charge on any atom is 0.251 e. The third-order valence-electron chi connectivity index (χ3n) is 18.1. The van der Waals surface area contributed by atoms with Gasteiger partial charge in [-0.3, -0.25) is 9.59 Å². The Morgan fingerprint density at radius 2 is 1.63 bits per heavy atom. The summed E-state index contributed by atoms with van der Waals surface area (Å²) in [5.41, 5.74) is 3.69. The zero-order chi connectivity index (χ0) is 40.5. The summed E-state index contributed by atoms with van der Waals surface area (Å²) in [6.07, 6.45) is 14.4. The molecule has 1 aliphatic heterocycles. The maximum absolute atomic E-state index is 14.8. The lowest BCUT2D eigenvalue weighted by atomic mass is 9.32. The van der Waals surface area contributed by atoms with Crippen LogP contribution >= 0.6 is 0 Å². The number of aromatic nitrogens is 3. The zero-order valence-corrected chi connectivity index (χ0v) is 36.0. The van der Waals surface area contributed by atoms with E-state index in [2.05, 4.69) is 75.7 Å². The highest BCUT2D eigenvalue weighted by atomic mass is 16.3. The van der Waals surface area contributed by atoms with E-state index >= 15 is 0 Å². The number of hydrogen-bond donors (Lipinski definition) is 2. The van der Waals surface area contributed by atoms with Crippen LogP contribution in [0.5, 0.6) is 0 Å². The number of carbonyl (C=O) groups excluding carboxylic acids is 2. The predicted molar refractivity (Wildman–Crippen MR) is 225 cm³/mol. The summed E-state index contributed by atoms with van der Waals surface area (Å²) in [6.45, 7) is 23.0. The predicted octanol–water partition coefficient (Wildman–Crippen LogP) is 7.77. The van der Waals surface area contributed by atoms with E-state index in [-0.39, 0.29) is 45.5 Å². The Morgan fingerprint density at radius 1 is 0.895 bits per heavy atom. The zero-order valence-electron chi connectivity index (χ0n) is 36.0. The number of allylic oxidation sites excluding steroid dienone is 1. The number of aliphatic hydroxyl groups is 1. The normalized spacial score (nSPS) is 39.0. The Kier molecular flexibility index (Phi) is 10.5. The lowest BCUT2D eigenvalue weighted by molar-refractivity contribution is -0.246. The summed E-state index contributed by atoms with van der Waals surface area (Å²) in [6, 6.07) is 9.99. The number of fused-ring (bicyclic) bond motifs is 7. The van der Waals surface area contributed by atoms with E-state index in [4.69, 9.17) is 0 Å². The van der Waals surface area contributed by atoms with Gasteiger partial charge in [-0.25, -0.2) is 4.68 Å². The standard InChI is InChI=1S/C48H70N6O3/c1-32(2)36-16-21-48(23-22-46(6)37(41(36)48)14-15-39-45(5)19-18-40(55)44(3,4)38(45)17-20-47(39,46)7)43(57)49-29-35-31-54(51-50-35)30-34(28-33-12-10-9-11-13-33)42(56)53-26-24-52(8)25-27-53/h9-13,28,31,36-41,55H,1,14-27,29-30H2,2-8H3,(H,49,57)/b34-28+/t36-,37+,38-,39+,40-,41+,45-,46+,47+,48-/m0/s1. The number of likely N-dealkylation sites (N-methyl/N-ethyl adjacent to an activating group) is 1. The minimum Gasteiger partial charge on any atom is -0.393 e.